The van der Waals surface area contributed by atoms with Gasteiger partial charge in [0.2, 0.25) is 0 Å². The van der Waals surface area contributed by atoms with Gasteiger partial charge in [0.05, 0.1) is 25.9 Å². The number of aromatic amines is 1. The summed E-state index contributed by atoms with van der Waals surface area (Å²) >= 11 is 0. The van der Waals surface area contributed by atoms with E-state index in [0.29, 0.717) is 17.2 Å². The fourth-order valence-electron chi connectivity index (χ4n) is 3.00. The van der Waals surface area contributed by atoms with Gasteiger partial charge >= 0.3 is 0 Å². The topological polar surface area (TPSA) is 83.8 Å². The van der Waals surface area contributed by atoms with E-state index in [2.05, 4.69) is 21.0 Å². The van der Waals surface area contributed by atoms with Crippen LogP contribution in [0.2, 0.25) is 0 Å². The highest BCUT2D eigenvalue weighted by Gasteiger charge is 2.14. The molecule has 0 aliphatic rings. The van der Waals surface area contributed by atoms with Crippen molar-refractivity contribution in [2.24, 2.45) is 0 Å². The minimum absolute atomic E-state index is 0.373. The molecule has 0 unspecified atom stereocenters. The molecule has 0 bridgehead atoms. The molecule has 3 aromatic heterocycles. The standard InChI is InChI=1S/C19H14N4O2/c1-24-17-5-3-4-13(18(17)25-2)11-6-15-14-7-12(8-20)21-10-16(14)23-19(15)22-9-11/h3-7,9-10H,1-2H3,(H,22,23). The largest absolute Gasteiger partial charge is 0.493 e. The number of fused-ring (bicyclic) bond motifs is 3. The number of hydrogen-bond donors (Lipinski definition) is 1. The molecule has 0 fully saturated rings. The summed E-state index contributed by atoms with van der Waals surface area (Å²) in [7, 11) is 3.23. The van der Waals surface area contributed by atoms with Crippen LogP contribution in [-0.4, -0.2) is 29.2 Å². The molecular formula is C19H14N4O2. The summed E-state index contributed by atoms with van der Waals surface area (Å²) in [6, 6.07) is 11.6. The molecule has 0 aliphatic carbocycles. The number of nitrogens with one attached hydrogen (secondary N) is 1. The van der Waals surface area contributed by atoms with E-state index >= 15 is 0 Å². The molecule has 0 spiro atoms. The van der Waals surface area contributed by atoms with E-state index in [-0.39, 0.29) is 0 Å². The van der Waals surface area contributed by atoms with Crippen molar-refractivity contribution in [3.05, 3.63) is 48.4 Å². The van der Waals surface area contributed by atoms with Crippen LogP contribution in [0.1, 0.15) is 5.69 Å². The molecule has 0 radical (unpaired) electrons. The zero-order valence-electron chi connectivity index (χ0n) is 13.7. The van der Waals surface area contributed by atoms with Crippen molar-refractivity contribution in [1.29, 1.82) is 5.26 Å². The zero-order valence-corrected chi connectivity index (χ0v) is 13.7. The SMILES string of the molecule is COc1cccc(-c2cnc3[nH]c4cnc(C#N)cc4c3c2)c1OC. The molecule has 6 nitrogen and oxygen atoms in total. The third kappa shape index (κ3) is 2.34. The van der Waals surface area contributed by atoms with E-state index in [1.807, 2.05) is 24.3 Å². The highest BCUT2D eigenvalue weighted by molar-refractivity contribution is 6.07. The van der Waals surface area contributed by atoms with Gasteiger partial charge in [0.25, 0.3) is 0 Å². The predicted molar refractivity (Wildman–Crippen MR) is 94.6 cm³/mol. The second-order valence-electron chi connectivity index (χ2n) is 5.51. The number of hydrogen-bond acceptors (Lipinski definition) is 5. The van der Waals surface area contributed by atoms with E-state index in [1.54, 1.807) is 32.7 Å². The summed E-state index contributed by atoms with van der Waals surface area (Å²) < 4.78 is 10.9. The van der Waals surface area contributed by atoms with Crippen molar-refractivity contribution < 1.29 is 9.47 Å². The molecular weight excluding hydrogens is 316 g/mol. The summed E-state index contributed by atoms with van der Waals surface area (Å²) in [5.41, 5.74) is 3.76. The number of benzene rings is 1. The monoisotopic (exact) mass is 330 g/mol. The Kier molecular flexibility index (Phi) is 3.47. The van der Waals surface area contributed by atoms with Crippen LogP contribution < -0.4 is 9.47 Å². The van der Waals surface area contributed by atoms with E-state index < -0.39 is 0 Å². The Hall–Kier alpha value is -3.59. The Morgan fingerprint density at radius 2 is 1.92 bits per heavy atom. The third-order valence-electron chi connectivity index (χ3n) is 4.16. The number of rotatable bonds is 3. The van der Waals surface area contributed by atoms with Crippen LogP contribution >= 0.6 is 0 Å². The third-order valence-corrected chi connectivity index (χ3v) is 4.16. The first kappa shape index (κ1) is 15.0. The molecule has 1 N–H and O–H groups in total. The maximum Gasteiger partial charge on any atom is 0.168 e. The van der Waals surface area contributed by atoms with Gasteiger partial charge in [-0.25, -0.2) is 9.97 Å². The Morgan fingerprint density at radius 1 is 1.04 bits per heavy atom. The molecule has 0 saturated heterocycles. The summed E-state index contributed by atoms with van der Waals surface area (Å²) in [5.74, 6) is 1.32. The zero-order chi connectivity index (χ0) is 17.4. The van der Waals surface area contributed by atoms with Gasteiger partial charge in [-0.05, 0) is 18.2 Å². The van der Waals surface area contributed by atoms with Crippen molar-refractivity contribution in [2.75, 3.05) is 14.2 Å². The van der Waals surface area contributed by atoms with Gasteiger partial charge in [-0.3, -0.25) is 0 Å². The van der Waals surface area contributed by atoms with Gasteiger partial charge in [0.15, 0.2) is 11.5 Å². The number of nitrogens with zero attached hydrogens (tertiary/aromatic N) is 3. The smallest absolute Gasteiger partial charge is 0.168 e. The van der Waals surface area contributed by atoms with Gasteiger partial charge in [0, 0.05) is 28.1 Å². The van der Waals surface area contributed by atoms with Crippen molar-refractivity contribution in [3.8, 4) is 28.7 Å². The summed E-state index contributed by atoms with van der Waals surface area (Å²) in [6.45, 7) is 0. The van der Waals surface area contributed by atoms with E-state index in [9.17, 15) is 0 Å². The van der Waals surface area contributed by atoms with Crippen LogP contribution in [0.5, 0.6) is 11.5 Å². The van der Waals surface area contributed by atoms with Crippen molar-refractivity contribution in [1.82, 2.24) is 15.0 Å². The molecule has 0 amide bonds. The van der Waals surface area contributed by atoms with Crippen molar-refractivity contribution in [3.63, 3.8) is 0 Å². The molecule has 122 valence electrons. The van der Waals surface area contributed by atoms with E-state index in [1.165, 1.54) is 0 Å². The molecule has 6 heteroatoms. The highest BCUT2D eigenvalue weighted by atomic mass is 16.5. The average molecular weight is 330 g/mol. The van der Waals surface area contributed by atoms with E-state index in [0.717, 1.165) is 33.1 Å². The second-order valence-corrected chi connectivity index (χ2v) is 5.51. The second kappa shape index (κ2) is 5.80. The summed E-state index contributed by atoms with van der Waals surface area (Å²) in [4.78, 5) is 11.8. The minimum Gasteiger partial charge on any atom is -0.493 e. The first-order valence-corrected chi connectivity index (χ1v) is 7.64. The number of methoxy groups -OCH3 is 2. The van der Waals surface area contributed by atoms with Crippen LogP contribution in [0, 0.1) is 11.3 Å². The number of pyridine rings is 2. The first-order valence-electron chi connectivity index (χ1n) is 7.64. The van der Waals surface area contributed by atoms with Crippen molar-refractivity contribution in [2.45, 2.75) is 0 Å². The maximum atomic E-state index is 9.10. The van der Waals surface area contributed by atoms with Gasteiger partial charge in [-0.15, -0.1) is 0 Å². The number of nitriles is 1. The average Bonchev–Trinajstić information content (AvgIpc) is 3.04. The normalized spacial score (nSPS) is 10.8. The molecule has 0 atom stereocenters. The number of ether oxygens (including phenoxy) is 2. The van der Waals surface area contributed by atoms with Crippen LogP contribution in [0.3, 0.4) is 0 Å². The maximum absolute atomic E-state index is 9.10. The predicted octanol–water partition coefficient (Wildman–Crippen LogP) is 3.67. The van der Waals surface area contributed by atoms with Gasteiger partial charge in [-0.1, -0.05) is 12.1 Å². The Balaban J connectivity index is 1.98. The van der Waals surface area contributed by atoms with E-state index in [4.69, 9.17) is 14.7 Å². The Labute approximate surface area is 143 Å². The molecule has 25 heavy (non-hydrogen) atoms. The molecule has 3 heterocycles. The molecule has 0 saturated carbocycles. The minimum atomic E-state index is 0.373. The summed E-state index contributed by atoms with van der Waals surface area (Å²) in [5, 5.41) is 10.9. The lowest BCUT2D eigenvalue weighted by atomic mass is 10.0. The molecule has 0 aliphatic heterocycles. The van der Waals surface area contributed by atoms with Crippen LogP contribution in [-0.2, 0) is 0 Å². The number of H-pyrrole nitrogens is 1. The fourth-order valence-corrected chi connectivity index (χ4v) is 3.00. The molecule has 1 aromatic carbocycles. The van der Waals surface area contributed by atoms with Gasteiger partial charge in [0.1, 0.15) is 17.4 Å². The summed E-state index contributed by atoms with van der Waals surface area (Å²) in [6.07, 6.45) is 3.44. The lowest BCUT2D eigenvalue weighted by molar-refractivity contribution is 0.356. The molecule has 4 rings (SSSR count). The first-order chi connectivity index (χ1) is 12.2. The highest BCUT2D eigenvalue weighted by Crippen LogP contribution is 2.38. The van der Waals surface area contributed by atoms with Crippen LogP contribution in [0.4, 0.5) is 0 Å². The quantitative estimate of drug-likeness (QED) is 0.619. The lowest BCUT2D eigenvalue weighted by Gasteiger charge is -2.12. The van der Waals surface area contributed by atoms with Crippen LogP contribution in [0.25, 0.3) is 33.1 Å². The number of para-hydroxylation sites is 1. The Morgan fingerprint density at radius 3 is 2.68 bits per heavy atom. The van der Waals surface area contributed by atoms with Gasteiger partial charge in [-0.2, -0.15) is 5.26 Å². The Bertz CT molecular complexity index is 1140. The van der Waals surface area contributed by atoms with Crippen molar-refractivity contribution >= 4 is 21.9 Å². The van der Waals surface area contributed by atoms with Gasteiger partial charge < -0.3 is 14.5 Å². The number of aromatic nitrogens is 3. The molecule has 4 aromatic rings. The lowest BCUT2D eigenvalue weighted by Crippen LogP contribution is -1.93. The fraction of sp³-hybridized carbons (Fsp3) is 0.105. The van der Waals surface area contributed by atoms with Crippen LogP contribution in [0.15, 0.2) is 42.7 Å².